The molecule has 0 spiro atoms. The Morgan fingerprint density at radius 1 is 1.28 bits per heavy atom. The van der Waals surface area contributed by atoms with Crippen LogP contribution in [0.1, 0.15) is 28.5 Å². The Kier molecular flexibility index (Phi) is 4.24. The Morgan fingerprint density at radius 3 is 3.08 bits per heavy atom. The Labute approximate surface area is 146 Å². The molecule has 0 fully saturated rings. The molecule has 3 aromatic rings. The van der Waals surface area contributed by atoms with Gasteiger partial charge in [-0.2, -0.15) is 0 Å². The van der Waals surface area contributed by atoms with E-state index in [9.17, 15) is 4.79 Å². The van der Waals surface area contributed by atoms with Crippen LogP contribution in [0.3, 0.4) is 0 Å². The highest BCUT2D eigenvalue weighted by molar-refractivity contribution is 5.98. The van der Waals surface area contributed by atoms with E-state index in [1.807, 2.05) is 41.3 Å². The number of ether oxygens (including phenoxy) is 1. The summed E-state index contributed by atoms with van der Waals surface area (Å²) in [5.74, 6) is 0.0700. The van der Waals surface area contributed by atoms with Crippen LogP contribution in [-0.2, 0) is 11.3 Å². The van der Waals surface area contributed by atoms with Gasteiger partial charge in [0, 0.05) is 49.3 Å². The summed E-state index contributed by atoms with van der Waals surface area (Å²) in [7, 11) is 1.71. The molecule has 25 heavy (non-hydrogen) atoms. The maximum absolute atomic E-state index is 13.1. The van der Waals surface area contributed by atoms with Crippen LogP contribution in [0.25, 0.3) is 10.9 Å². The number of hydrogen-bond acceptors (Lipinski definition) is 3. The van der Waals surface area contributed by atoms with Gasteiger partial charge in [0.15, 0.2) is 0 Å². The summed E-state index contributed by atoms with van der Waals surface area (Å²) in [4.78, 5) is 19.3. The standard InChI is InChI=1S/C20H21N3O2/c1-25-11-8-18-14-22(13-17-5-3-10-23(17)18)20(24)16-6-7-19-15(12-16)4-2-9-21-19/h2-7,9-10,12,18H,8,11,13-14H2,1H3. The number of rotatable bonds is 4. The fourth-order valence-electron chi connectivity index (χ4n) is 3.55. The second-order valence-corrected chi connectivity index (χ2v) is 6.44. The third kappa shape index (κ3) is 3.03. The molecule has 1 atom stereocenters. The molecule has 1 aromatic carbocycles. The van der Waals surface area contributed by atoms with Crippen molar-refractivity contribution in [3.63, 3.8) is 0 Å². The van der Waals surface area contributed by atoms with Crippen molar-refractivity contribution >= 4 is 16.8 Å². The Balaban J connectivity index is 1.61. The summed E-state index contributed by atoms with van der Waals surface area (Å²) in [5.41, 5.74) is 2.79. The van der Waals surface area contributed by atoms with Crippen molar-refractivity contribution in [2.45, 2.75) is 19.0 Å². The Hall–Kier alpha value is -2.66. The predicted molar refractivity (Wildman–Crippen MR) is 96.4 cm³/mol. The molecule has 0 saturated carbocycles. The van der Waals surface area contributed by atoms with Gasteiger partial charge in [-0.1, -0.05) is 6.07 Å². The molecule has 1 aliphatic heterocycles. The predicted octanol–water partition coefficient (Wildman–Crippen LogP) is 3.27. The smallest absolute Gasteiger partial charge is 0.254 e. The first-order valence-corrected chi connectivity index (χ1v) is 8.55. The van der Waals surface area contributed by atoms with Crippen LogP contribution >= 0.6 is 0 Å². The molecule has 0 aliphatic carbocycles. The Bertz CT molecular complexity index is 903. The highest BCUT2D eigenvalue weighted by Crippen LogP contribution is 2.26. The lowest BCUT2D eigenvalue weighted by molar-refractivity contribution is 0.0654. The monoisotopic (exact) mass is 335 g/mol. The quantitative estimate of drug-likeness (QED) is 0.735. The third-order valence-corrected chi connectivity index (χ3v) is 4.84. The van der Waals surface area contributed by atoms with Gasteiger partial charge in [0.2, 0.25) is 0 Å². The van der Waals surface area contributed by atoms with Crippen molar-refractivity contribution in [1.29, 1.82) is 0 Å². The van der Waals surface area contributed by atoms with Crippen molar-refractivity contribution in [2.24, 2.45) is 0 Å². The van der Waals surface area contributed by atoms with Gasteiger partial charge in [-0.25, -0.2) is 0 Å². The van der Waals surface area contributed by atoms with Gasteiger partial charge in [-0.15, -0.1) is 0 Å². The number of methoxy groups -OCH3 is 1. The van der Waals surface area contributed by atoms with Crippen LogP contribution in [-0.4, -0.2) is 40.6 Å². The second-order valence-electron chi connectivity index (χ2n) is 6.44. The minimum absolute atomic E-state index is 0.0700. The molecule has 1 aliphatic rings. The van der Waals surface area contributed by atoms with Gasteiger partial charge in [0.1, 0.15) is 0 Å². The van der Waals surface area contributed by atoms with Gasteiger partial charge < -0.3 is 14.2 Å². The molecule has 128 valence electrons. The molecular formula is C20H21N3O2. The van der Waals surface area contributed by atoms with E-state index in [-0.39, 0.29) is 11.9 Å². The molecule has 1 unspecified atom stereocenters. The normalized spacial score (nSPS) is 16.8. The van der Waals surface area contributed by atoms with E-state index in [1.165, 1.54) is 5.69 Å². The maximum atomic E-state index is 13.1. The van der Waals surface area contributed by atoms with Crippen LogP contribution in [0, 0.1) is 0 Å². The van der Waals surface area contributed by atoms with E-state index in [0.29, 0.717) is 25.3 Å². The first-order chi connectivity index (χ1) is 12.3. The van der Waals surface area contributed by atoms with E-state index in [0.717, 1.165) is 17.3 Å². The zero-order valence-corrected chi connectivity index (χ0v) is 14.3. The van der Waals surface area contributed by atoms with Gasteiger partial charge in [-0.05, 0) is 42.8 Å². The third-order valence-electron chi connectivity index (χ3n) is 4.84. The van der Waals surface area contributed by atoms with Crippen molar-refractivity contribution in [2.75, 3.05) is 20.3 Å². The highest BCUT2D eigenvalue weighted by Gasteiger charge is 2.27. The molecule has 5 heteroatoms. The van der Waals surface area contributed by atoms with Crippen molar-refractivity contribution in [3.8, 4) is 0 Å². The first kappa shape index (κ1) is 15.8. The van der Waals surface area contributed by atoms with Gasteiger partial charge in [0.25, 0.3) is 5.91 Å². The summed E-state index contributed by atoms with van der Waals surface area (Å²) in [6, 6.07) is 14.0. The number of amides is 1. The summed E-state index contributed by atoms with van der Waals surface area (Å²) in [5, 5.41) is 0.990. The fraction of sp³-hybridized carbons (Fsp3) is 0.300. The topological polar surface area (TPSA) is 47.4 Å². The molecule has 3 heterocycles. The average molecular weight is 335 g/mol. The van der Waals surface area contributed by atoms with Crippen LogP contribution in [0.4, 0.5) is 0 Å². The lowest BCUT2D eigenvalue weighted by atomic mass is 10.1. The van der Waals surface area contributed by atoms with Gasteiger partial charge >= 0.3 is 0 Å². The number of carbonyl (C=O) groups excluding carboxylic acids is 1. The second kappa shape index (κ2) is 6.69. The number of hydrogen-bond donors (Lipinski definition) is 0. The first-order valence-electron chi connectivity index (χ1n) is 8.55. The van der Waals surface area contributed by atoms with E-state index in [1.54, 1.807) is 13.3 Å². The summed E-state index contributed by atoms with van der Waals surface area (Å²) in [6.07, 6.45) is 4.76. The zero-order chi connectivity index (χ0) is 17.2. The lowest BCUT2D eigenvalue weighted by Gasteiger charge is -2.35. The Morgan fingerprint density at radius 2 is 2.20 bits per heavy atom. The molecule has 0 bridgehead atoms. The van der Waals surface area contributed by atoms with E-state index < -0.39 is 0 Å². The highest BCUT2D eigenvalue weighted by atomic mass is 16.5. The van der Waals surface area contributed by atoms with E-state index in [4.69, 9.17) is 4.74 Å². The number of aromatic nitrogens is 2. The lowest BCUT2D eigenvalue weighted by Crippen LogP contribution is -2.41. The molecule has 0 N–H and O–H groups in total. The van der Waals surface area contributed by atoms with Crippen molar-refractivity contribution in [3.05, 3.63) is 66.1 Å². The van der Waals surface area contributed by atoms with Gasteiger partial charge in [0.05, 0.1) is 18.1 Å². The summed E-state index contributed by atoms with van der Waals surface area (Å²) in [6.45, 7) is 2.03. The molecule has 0 saturated heterocycles. The zero-order valence-electron chi connectivity index (χ0n) is 14.3. The molecule has 2 aromatic heterocycles. The molecule has 4 rings (SSSR count). The molecular weight excluding hydrogens is 314 g/mol. The summed E-state index contributed by atoms with van der Waals surface area (Å²) < 4.78 is 7.51. The largest absolute Gasteiger partial charge is 0.385 e. The van der Waals surface area contributed by atoms with E-state index >= 15 is 0 Å². The van der Waals surface area contributed by atoms with Crippen molar-refractivity contribution in [1.82, 2.24) is 14.5 Å². The maximum Gasteiger partial charge on any atom is 0.254 e. The number of carbonyl (C=O) groups is 1. The number of nitrogens with zero attached hydrogens (tertiary/aromatic N) is 3. The number of fused-ring (bicyclic) bond motifs is 2. The molecule has 1 amide bonds. The molecule has 0 radical (unpaired) electrons. The number of pyridine rings is 1. The fourth-order valence-corrected chi connectivity index (χ4v) is 3.55. The van der Waals surface area contributed by atoms with Crippen LogP contribution in [0.5, 0.6) is 0 Å². The van der Waals surface area contributed by atoms with Crippen LogP contribution in [0.2, 0.25) is 0 Å². The van der Waals surface area contributed by atoms with Gasteiger partial charge in [-0.3, -0.25) is 9.78 Å². The minimum atomic E-state index is 0.0700. The van der Waals surface area contributed by atoms with Crippen molar-refractivity contribution < 1.29 is 9.53 Å². The summed E-state index contributed by atoms with van der Waals surface area (Å²) >= 11 is 0. The minimum Gasteiger partial charge on any atom is -0.385 e. The van der Waals surface area contributed by atoms with Crippen LogP contribution in [0.15, 0.2) is 54.9 Å². The van der Waals surface area contributed by atoms with E-state index in [2.05, 4.69) is 21.8 Å². The molecule has 5 nitrogen and oxygen atoms in total. The number of benzene rings is 1. The average Bonchev–Trinajstić information content (AvgIpc) is 3.13. The SMILES string of the molecule is COCCC1CN(C(=O)c2ccc3ncccc3c2)Cc2cccn21. The van der Waals surface area contributed by atoms with Crippen LogP contribution < -0.4 is 0 Å².